The third kappa shape index (κ3) is 63.1. The molecule has 0 fully saturated rings. The highest BCUT2D eigenvalue weighted by molar-refractivity contribution is 7.45. The van der Waals surface area contributed by atoms with E-state index in [0.717, 1.165) is 70.6 Å². The molecule has 0 saturated carbocycles. The molecule has 460 valence electrons. The molecule has 79 heavy (non-hydrogen) atoms. The molecule has 2 N–H and O–H groups in total. The van der Waals surface area contributed by atoms with Gasteiger partial charge in [0.05, 0.1) is 39.9 Å². The fourth-order valence-electron chi connectivity index (χ4n) is 9.65. The van der Waals surface area contributed by atoms with E-state index in [2.05, 4.69) is 92.1 Å². The smallest absolute Gasteiger partial charge is 0.268 e. The Balaban J connectivity index is 3.91. The summed E-state index contributed by atoms with van der Waals surface area (Å²) < 4.78 is 23.3. The van der Waals surface area contributed by atoms with Crippen molar-refractivity contribution in [2.24, 2.45) is 0 Å². The van der Waals surface area contributed by atoms with Crippen molar-refractivity contribution >= 4 is 13.7 Å². The molecule has 0 aromatic carbocycles. The molecular formula is C70H129N2O6P. The Hall–Kier alpha value is -2.32. The van der Waals surface area contributed by atoms with Crippen LogP contribution in [0.15, 0.2) is 85.1 Å². The number of unbranched alkanes of at least 4 members (excludes halogenated alkanes) is 36. The average Bonchev–Trinajstić information content (AvgIpc) is 3.42. The number of phosphoric acid groups is 1. The molecule has 8 nitrogen and oxygen atoms in total. The molecule has 9 heteroatoms. The van der Waals surface area contributed by atoms with Crippen molar-refractivity contribution < 1.29 is 32.9 Å². The lowest BCUT2D eigenvalue weighted by atomic mass is 10.0. The van der Waals surface area contributed by atoms with Crippen LogP contribution in [0.3, 0.4) is 0 Å². The normalized spacial score (nSPS) is 14.3. The summed E-state index contributed by atoms with van der Waals surface area (Å²) in [5, 5.41) is 13.9. The van der Waals surface area contributed by atoms with Crippen LogP contribution in [-0.2, 0) is 18.4 Å². The maximum Gasteiger partial charge on any atom is 0.268 e. The lowest BCUT2D eigenvalue weighted by Gasteiger charge is -2.29. The second kappa shape index (κ2) is 60.3. The standard InChI is InChI=1S/C70H129N2O6P/c1-6-8-10-12-14-16-18-20-22-24-25-26-27-28-29-30-31-32-33-34-35-36-37-38-39-40-41-42-43-44-45-46-47-48-50-52-54-56-58-60-62-64-70(74)71-68(67-78-79(75,76)77-66-65-72(3,4)5)69(73)63-61-59-57-55-53-51-49-23-21-19-17-15-13-11-9-7-2/h8,10,14,16,20-23,25-26,53,55,61,63,68-69,73H,6-7,9,11-13,15,17-19,24,27-52,54,56-60,62,64-67H2,1-5H3,(H-,71,74,75,76)/b10-8-,16-14-,22-20-,23-21+,26-25-,55-53+,63-61+. The average molecular weight is 1130 g/mol. The highest BCUT2D eigenvalue weighted by atomic mass is 31.2. The Bertz CT molecular complexity index is 1560. The van der Waals surface area contributed by atoms with Gasteiger partial charge in [-0.25, -0.2) is 0 Å². The molecule has 3 unspecified atom stereocenters. The van der Waals surface area contributed by atoms with E-state index >= 15 is 0 Å². The van der Waals surface area contributed by atoms with Gasteiger partial charge in [0.25, 0.3) is 7.82 Å². The molecule has 0 rings (SSSR count). The van der Waals surface area contributed by atoms with Gasteiger partial charge in [-0.05, 0) is 83.5 Å². The molecule has 0 spiro atoms. The third-order valence-corrected chi connectivity index (χ3v) is 15.8. The number of hydrogen-bond acceptors (Lipinski definition) is 6. The van der Waals surface area contributed by atoms with Crippen molar-refractivity contribution in [2.45, 2.75) is 315 Å². The number of carbonyl (C=O) groups excluding carboxylic acids is 1. The quantitative estimate of drug-likeness (QED) is 0.0272. The van der Waals surface area contributed by atoms with E-state index in [4.69, 9.17) is 9.05 Å². The van der Waals surface area contributed by atoms with Crippen molar-refractivity contribution in [1.29, 1.82) is 0 Å². The van der Waals surface area contributed by atoms with Crippen molar-refractivity contribution in [1.82, 2.24) is 5.32 Å². The third-order valence-electron chi connectivity index (χ3n) is 14.8. The predicted octanol–water partition coefficient (Wildman–Crippen LogP) is 20.5. The number of likely N-dealkylation sites (N-methyl/N-ethyl adjacent to an activating group) is 1. The number of phosphoric ester groups is 1. The van der Waals surface area contributed by atoms with Crippen molar-refractivity contribution in [2.75, 3.05) is 40.9 Å². The Morgan fingerprint density at radius 3 is 1.18 bits per heavy atom. The van der Waals surface area contributed by atoms with Gasteiger partial charge in [-0.2, -0.15) is 0 Å². The van der Waals surface area contributed by atoms with Crippen molar-refractivity contribution in [3.8, 4) is 0 Å². The summed E-state index contributed by atoms with van der Waals surface area (Å²) in [7, 11) is 1.24. The molecule has 0 heterocycles. The van der Waals surface area contributed by atoms with E-state index in [1.165, 1.54) is 212 Å². The highest BCUT2D eigenvalue weighted by Crippen LogP contribution is 2.38. The van der Waals surface area contributed by atoms with Gasteiger partial charge in [0, 0.05) is 6.42 Å². The van der Waals surface area contributed by atoms with Crippen molar-refractivity contribution in [3.05, 3.63) is 85.1 Å². The topological polar surface area (TPSA) is 108 Å². The van der Waals surface area contributed by atoms with Gasteiger partial charge in [0.15, 0.2) is 0 Å². The minimum atomic E-state index is -4.61. The maximum absolute atomic E-state index is 13.0. The van der Waals surface area contributed by atoms with Crippen molar-refractivity contribution in [3.63, 3.8) is 0 Å². The van der Waals surface area contributed by atoms with Gasteiger partial charge in [-0.1, -0.05) is 298 Å². The molecule has 0 bridgehead atoms. The maximum atomic E-state index is 13.0. The van der Waals surface area contributed by atoms with Gasteiger partial charge in [-0.3, -0.25) is 9.36 Å². The molecule has 3 atom stereocenters. The first-order chi connectivity index (χ1) is 38.5. The van der Waals surface area contributed by atoms with Crippen LogP contribution in [0.25, 0.3) is 0 Å². The largest absolute Gasteiger partial charge is 0.756 e. The zero-order valence-corrected chi connectivity index (χ0v) is 53.5. The Kier molecular flexibility index (Phi) is 58.5. The molecule has 0 radical (unpaired) electrons. The predicted molar refractivity (Wildman–Crippen MR) is 343 cm³/mol. The minimum absolute atomic E-state index is 0.00948. The zero-order valence-electron chi connectivity index (χ0n) is 52.6. The summed E-state index contributed by atoms with van der Waals surface area (Å²) in [5.74, 6) is -0.208. The van der Waals surface area contributed by atoms with E-state index in [1.807, 2.05) is 27.2 Å². The van der Waals surface area contributed by atoms with Crippen LogP contribution in [-0.4, -0.2) is 68.5 Å². The summed E-state index contributed by atoms with van der Waals surface area (Å²) in [4.78, 5) is 25.5. The summed E-state index contributed by atoms with van der Waals surface area (Å²) in [6.45, 7) is 4.51. The van der Waals surface area contributed by atoms with Gasteiger partial charge in [0.2, 0.25) is 5.91 Å². The van der Waals surface area contributed by atoms with Gasteiger partial charge in [0.1, 0.15) is 13.2 Å². The summed E-state index contributed by atoms with van der Waals surface area (Å²) in [6, 6.07) is -0.911. The number of hydrogen-bond donors (Lipinski definition) is 2. The lowest BCUT2D eigenvalue weighted by Crippen LogP contribution is -2.45. The van der Waals surface area contributed by atoms with E-state index in [-0.39, 0.29) is 12.5 Å². The zero-order chi connectivity index (χ0) is 57.7. The van der Waals surface area contributed by atoms with Crippen LogP contribution in [0, 0.1) is 0 Å². The Morgan fingerprint density at radius 1 is 0.456 bits per heavy atom. The second-order valence-corrected chi connectivity index (χ2v) is 25.2. The Labute approximate surface area is 490 Å². The number of amides is 1. The molecule has 0 aromatic heterocycles. The first-order valence-electron chi connectivity index (χ1n) is 33.4. The highest BCUT2D eigenvalue weighted by Gasteiger charge is 2.23. The van der Waals surface area contributed by atoms with Crippen LogP contribution >= 0.6 is 7.82 Å². The van der Waals surface area contributed by atoms with Crippen LogP contribution < -0.4 is 10.2 Å². The number of aliphatic hydroxyl groups is 1. The summed E-state index contributed by atoms with van der Waals surface area (Å²) in [6.07, 6.45) is 85.8. The number of nitrogens with one attached hydrogen (secondary N) is 1. The number of aliphatic hydroxyl groups excluding tert-OH is 1. The minimum Gasteiger partial charge on any atom is -0.756 e. The molecule has 0 aliphatic rings. The second-order valence-electron chi connectivity index (χ2n) is 23.8. The van der Waals surface area contributed by atoms with Gasteiger partial charge >= 0.3 is 0 Å². The number of quaternary nitrogens is 1. The first-order valence-corrected chi connectivity index (χ1v) is 34.9. The molecule has 0 aliphatic heterocycles. The molecule has 0 aromatic rings. The number of allylic oxidation sites excluding steroid dienone is 13. The van der Waals surface area contributed by atoms with Crippen LogP contribution in [0.5, 0.6) is 0 Å². The fourth-order valence-corrected chi connectivity index (χ4v) is 10.4. The Morgan fingerprint density at radius 2 is 0.785 bits per heavy atom. The van der Waals surface area contributed by atoms with E-state index in [1.54, 1.807) is 6.08 Å². The summed E-state index contributed by atoms with van der Waals surface area (Å²) >= 11 is 0. The molecule has 0 aliphatic carbocycles. The number of nitrogens with zero attached hydrogens (tertiary/aromatic N) is 1. The lowest BCUT2D eigenvalue weighted by molar-refractivity contribution is -0.870. The molecular weight excluding hydrogens is 996 g/mol. The monoisotopic (exact) mass is 1120 g/mol. The van der Waals surface area contributed by atoms with Crippen LogP contribution in [0.2, 0.25) is 0 Å². The summed E-state index contributed by atoms with van der Waals surface area (Å²) in [5.41, 5.74) is 0. The molecule has 1 amide bonds. The first kappa shape index (κ1) is 76.7. The van der Waals surface area contributed by atoms with Gasteiger partial charge < -0.3 is 28.8 Å². The van der Waals surface area contributed by atoms with E-state index in [0.29, 0.717) is 17.4 Å². The molecule has 0 saturated heterocycles. The van der Waals surface area contributed by atoms with Crippen LogP contribution in [0.1, 0.15) is 303 Å². The van der Waals surface area contributed by atoms with Gasteiger partial charge in [-0.15, -0.1) is 0 Å². The van der Waals surface area contributed by atoms with E-state index < -0.39 is 26.6 Å². The fraction of sp³-hybridized carbons (Fsp3) is 0.786. The SMILES string of the molecule is CC/C=C\C/C=C\C/C=C\C/C=C\CCCCCCCCCCCCCCCCCCCCCCCCCCCCCCC(=O)NC(COP(=O)([O-])OCC[N+](C)(C)C)C(O)/C=C/CC/C=C/CC/C=C/CCCCCCCC. The number of rotatable bonds is 61. The number of carbonyl (C=O) groups is 1. The van der Waals surface area contributed by atoms with E-state index in [9.17, 15) is 19.4 Å². The van der Waals surface area contributed by atoms with Crippen LogP contribution in [0.4, 0.5) is 0 Å².